The molecule has 148 valence electrons. The van der Waals surface area contributed by atoms with E-state index in [1.165, 1.54) is 23.9 Å². The van der Waals surface area contributed by atoms with E-state index in [9.17, 15) is 4.79 Å². The van der Waals surface area contributed by atoms with Crippen LogP contribution in [0.5, 0.6) is 0 Å². The summed E-state index contributed by atoms with van der Waals surface area (Å²) >= 11 is 0. The van der Waals surface area contributed by atoms with E-state index < -0.39 is 0 Å². The van der Waals surface area contributed by atoms with Gasteiger partial charge in [0.25, 0.3) is 0 Å². The Balaban J connectivity index is 1.61. The van der Waals surface area contributed by atoms with Gasteiger partial charge in [-0.05, 0) is 38.4 Å². The lowest BCUT2D eigenvalue weighted by Crippen LogP contribution is -2.37. The molecule has 0 spiro atoms. The zero-order valence-corrected chi connectivity index (χ0v) is 16.8. The Morgan fingerprint density at radius 1 is 0.966 bits per heavy atom. The Bertz CT molecular complexity index is 1060. The van der Waals surface area contributed by atoms with Crippen molar-refractivity contribution in [2.75, 3.05) is 13.1 Å². The maximum absolute atomic E-state index is 13.1. The topological polar surface area (TPSA) is 43.1 Å². The van der Waals surface area contributed by atoms with Gasteiger partial charge in [0.05, 0.1) is 12.2 Å². The third-order valence-electron chi connectivity index (χ3n) is 5.46. The molecule has 0 bridgehead atoms. The largest absolute Gasteiger partial charge is 0.351 e. The third-order valence-corrected chi connectivity index (χ3v) is 5.46. The predicted octanol–water partition coefficient (Wildman–Crippen LogP) is 3.58. The van der Waals surface area contributed by atoms with Crippen molar-refractivity contribution < 1.29 is 0 Å². The lowest BCUT2D eigenvalue weighted by Gasteiger charge is -2.31. The molecule has 2 heterocycles. The number of hydrogen-bond donors (Lipinski definition) is 0. The molecule has 3 aromatic rings. The van der Waals surface area contributed by atoms with Crippen LogP contribution in [0.15, 0.2) is 65.5 Å². The number of piperidine rings is 1. The average molecular weight is 386 g/mol. The normalized spacial score (nSPS) is 16.9. The first kappa shape index (κ1) is 19.2. The van der Waals surface area contributed by atoms with E-state index in [-0.39, 0.29) is 5.69 Å². The number of para-hydroxylation sites is 1. The number of benzene rings is 2. The molecular formula is C24H26N4O. The highest BCUT2D eigenvalue weighted by Gasteiger charge is 2.17. The van der Waals surface area contributed by atoms with E-state index in [2.05, 4.69) is 28.8 Å². The van der Waals surface area contributed by atoms with Gasteiger partial charge in [-0.15, -0.1) is 5.10 Å². The van der Waals surface area contributed by atoms with Gasteiger partial charge in [-0.1, -0.05) is 66.8 Å². The highest BCUT2D eigenvalue weighted by atomic mass is 16.2. The fourth-order valence-electron chi connectivity index (χ4n) is 3.78. The molecule has 2 aromatic carbocycles. The smallest absolute Gasteiger partial charge is 0.290 e. The monoisotopic (exact) mass is 386 g/mol. The Morgan fingerprint density at radius 2 is 1.66 bits per heavy atom. The molecule has 0 N–H and O–H groups in total. The van der Waals surface area contributed by atoms with E-state index >= 15 is 0 Å². The van der Waals surface area contributed by atoms with Crippen LogP contribution in [0.4, 0.5) is 0 Å². The van der Waals surface area contributed by atoms with Gasteiger partial charge in [0.1, 0.15) is 6.54 Å². The van der Waals surface area contributed by atoms with Crippen LogP contribution in [0, 0.1) is 11.8 Å². The van der Waals surface area contributed by atoms with Crippen molar-refractivity contribution in [3.8, 4) is 28.9 Å². The molecule has 5 nitrogen and oxygen atoms in total. The highest BCUT2D eigenvalue weighted by Crippen LogP contribution is 2.19. The van der Waals surface area contributed by atoms with Crippen molar-refractivity contribution in [2.45, 2.75) is 38.8 Å². The van der Waals surface area contributed by atoms with Crippen LogP contribution in [-0.2, 0) is 6.54 Å². The van der Waals surface area contributed by atoms with Crippen LogP contribution < -0.4 is 5.69 Å². The molecule has 1 fully saturated rings. The second-order valence-corrected chi connectivity index (χ2v) is 7.47. The third kappa shape index (κ3) is 4.33. The highest BCUT2D eigenvalue weighted by molar-refractivity contribution is 5.57. The van der Waals surface area contributed by atoms with Crippen LogP contribution in [0.2, 0.25) is 0 Å². The quantitative estimate of drug-likeness (QED) is 0.644. The summed E-state index contributed by atoms with van der Waals surface area (Å²) in [4.78, 5) is 15.5. The molecule has 1 aliphatic heterocycles. The molecule has 1 aromatic heterocycles. The zero-order valence-electron chi connectivity index (χ0n) is 16.8. The first-order chi connectivity index (χ1) is 14.2. The van der Waals surface area contributed by atoms with Gasteiger partial charge < -0.3 is 0 Å². The fourth-order valence-corrected chi connectivity index (χ4v) is 3.78. The van der Waals surface area contributed by atoms with Gasteiger partial charge in [0, 0.05) is 11.6 Å². The van der Waals surface area contributed by atoms with E-state index in [0.717, 1.165) is 24.3 Å². The van der Waals surface area contributed by atoms with Crippen LogP contribution in [0.1, 0.15) is 26.2 Å². The second-order valence-electron chi connectivity index (χ2n) is 7.47. The molecule has 1 atom stereocenters. The number of hydrogen-bond acceptors (Lipinski definition) is 3. The first-order valence-corrected chi connectivity index (χ1v) is 10.2. The van der Waals surface area contributed by atoms with E-state index in [4.69, 9.17) is 0 Å². The van der Waals surface area contributed by atoms with E-state index in [0.29, 0.717) is 18.4 Å². The lowest BCUT2D eigenvalue weighted by molar-refractivity contribution is 0.182. The maximum atomic E-state index is 13.1. The summed E-state index contributed by atoms with van der Waals surface area (Å²) in [5.74, 6) is 7.02. The maximum Gasteiger partial charge on any atom is 0.351 e. The van der Waals surface area contributed by atoms with Gasteiger partial charge in [-0.3, -0.25) is 4.90 Å². The van der Waals surface area contributed by atoms with Crippen molar-refractivity contribution in [2.24, 2.45) is 0 Å². The standard InChI is InChI=1S/C24H26N4O/c1-20-12-8-9-17-26(20)18-10-11-19-27-24(29)28(22-15-6-3-7-16-22)23(25-27)21-13-4-2-5-14-21/h2-7,13-16,20H,8-9,12,17-19H2,1H3. The van der Waals surface area contributed by atoms with E-state index in [1.54, 1.807) is 4.57 Å². The SMILES string of the molecule is CC1CCCCN1CC#CCn1nc(-c2ccccc2)n(-c2ccccc2)c1=O. The Hall–Kier alpha value is -3.10. The van der Waals surface area contributed by atoms with Gasteiger partial charge in [-0.2, -0.15) is 0 Å². The molecule has 1 aliphatic rings. The second kappa shape index (κ2) is 8.93. The van der Waals surface area contributed by atoms with E-state index in [1.807, 2.05) is 60.7 Å². The van der Waals surface area contributed by atoms with Crippen molar-refractivity contribution in [1.29, 1.82) is 0 Å². The van der Waals surface area contributed by atoms with Crippen LogP contribution in [-0.4, -0.2) is 38.4 Å². The zero-order chi connectivity index (χ0) is 20.1. The average Bonchev–Trinajstić information content (AvgIpc) is 3.10. The molecule has 0 saturated carbocycles. The molecule has 0 aliphatic carbocycles. The number of likely N-dealkylation sites (tertiary alicyclic amines) is 1. The van der Waals surface area contributed by atoms with Crippen molar-refractivity contribution in [1.82, 2.24) is 19.2 Å². The molecule has 0 radical (unpaired) electrons. The van der Waals surface area contributed by atoms with Gasteiger partial charge in [0.15, 0.2) is 5.82 Å². The van der Waals surface area contributed by atoms with Gasteiger partial charge >= 0.3 is 5.69 Å². The van der Waals surface area contributed by atoms with Crippen LogP contribution in [0.3, 0.4) is 0 Å². The van der Waals surface area contributed by atoms with Gasteiger partial charge in [0.2, 0.25) is 0 Å². The van der Waals surface area contributed by atoms with Gasteiger partial charge in [-0.25, -0.2) is 14.0 Å². The Kier molecular flexibility index (Phi) is 5.92. The minimum Gasteiger partial charge on any atom is -0.290 e. The Morgan fingerprint density at radius 3 is 2.38 bits per heavy atom. The molecular weight excluding hydrogens is 360 g/mol. The summed E-state index contributed by atoms with van der Waals surface area (Å²) < 4.78 is 3.12. The van der Waals surface area contributed by atoms with Crippen molar-refractivity contribution in [3.05, 3.63) is 71.1 Å². The minimum absolute atomic E-state index is 0.171. The molecule has 4 rings (SSSR count). The molecule has 5 heteroatoms. The molecule has 1 saturated heterocycles. The number of nitrogens with zero attached hydrogens (tertiary/aromatic N) is 4. The first-order valence-electron chi connectivity index (χ1n) is 10.2. The number of rotatable bonds is 4. The van der Waals surface area contributed by atoms with Crippen molar-refractivity contribution in [3.63, 3.8) is 0 Å². The molecule has 1 unspecified atom stereocenters. The summed E-state index contributed by atoms with van der Waals surface area (Å²) in [6.07, 6.45) is 3.79. The molecule has 0 amide bonds. The fraction of sp³-hybridized carbons (Fsp3) is 0.333. The van der Waals surface area contributed by atoms with Crippen LogP contribution >= 0.6 is 0 Å². The summed E-state index contributed by atoms with van der Waals surface area (Å²) in [5.41, 5.74) is 1.54. The summed E-state index contributed by atoms with van der Waals surface area (Å²) in [5, 5.41) is 4.61. The summed E-state index contributed by atoms with van der Waals surface area (Å²) in [6.45, 7) is 4.41. The minimum atomic E-state index is -0.171. The lowest BCUT2D eigenvalue weighted by atomic mass is 10.0. The summed E-state index contributed by atoms with van der Waals surface area (Å²) in [7, 11) is 0. The Labute approximate surface area is 171 Å². The summed E-state index contributed by atoms with van der Waals surface area (Å²) in [6, 6.07) is 20.0. The van der Waals surface area contributed by atoms with Crippen LogP contribution in [0.25, 0.3) is 17.1 Å². The predicted molar refractivity (Wildman–Crippen MR) is 116 cm³/mol. The van der Waals surface area contributed by atoms with Crippen molar-refractivity contribution >= 4 is 0 Å². The number of aromatic nitrogens is 3. The molecule has 29 heavy (non-hydrogen) atoms.